The summed E-state index contributed by atoms with van der Waals surface area (Å²) < 4.78 is 5.61. The maximum atomic E-state index is 5.61. The van der Waals surface area contributed by atoms with Crippen LogP contribution in [-0.2, 0) is 6.54 Å². The molecule has 2 aromatic rings. The third-order valence-electron chi connectivity index (χ3n) is 5.00. The van der Waals surface area contributed by atoms with E-state index in [9.17, 15) is 0 Å². The number of benzene rings is 1. The molecule has 1 aromatic carbocycles. The van der Waals surface area contributed by atoms with Gasteiger partial charge in [-0.3, -0.25) is 10.00 Å². The molecule has 24 heavy (non-hydrogen) atoms. The van der Waals surface area contributed by atoms with Gasteiger partial charge in [-0.25, -0.2) is 0 Å². The number of rotatable bonds is 7. The zero-order valence-electron chi connectivity index (χ0n) is 14.9. The molecule has 0 saturated carbocycles. The van der Waals surface area contributed by atoms with Crippen LogP contribution in [0.5, 0.6) is 5.75 Å². The highest BCUT2D eigenvalue weighted by Crippen LogP contribution is 2.31. The van der Waals surface area contributed by atoms with E-state index >= 15 is 0 Å². The Hall–Kier alpha value is -1.85. The number of nitrogens with one attached hydrogen (secondary N) is 2. The first-order valence-electron chi connectivity index (χ1n) is 8.79. The first-order valence-corrected chi connectivity index (χ1v) is 8.79. The Morgan fingerprint density at radius 3 is 2.67 bits per heavy atom. The van der Waals surface area contributed by atoms with E-state index in [-0.39, 0.29) is 0 Å². The molecule has 1 aromatic heterocycles. The normalized spacial score (nSPS) is 16.5. The summed E-state index contributed by atoms with van der Waals surface area (Å²) >= 11 is 0. The number of ether oxygens (including phenoxy) is 1. The highest BCUT2D eigenvalue weighted by atomic mass is 16.5. The molecule has 5 nitrogen and oxygen atoms in total. The van der Waals surface area contributed by atoms with Crippen LogP contribution in [0.3, 0.4) is 0 Å². The summed E-state index contributed by atoms with van der Waals surface area (Å²) in [6, 6.07) is 8.73. The van der Waals surface area contributed by atoms with Crippen LogP contribution in [0.2, 0.25) is 0 Å². The molecule has 2 N–H and O–H groups in total. The predicted molar refractivity (Wildman–Crippen MR) is 96.3 cm³/mol. The van der Waals surface area contributed by atoms with Crippen LogP contribution in [0.25, 0.3) is 0 Å². The van der Waals surface area contributed by atoms with Crippen LogP contribution < -0.4 is 10.1 Å². The monoisotopic (exact) mass is 328 g/mol. The number of aryl methyl sites for hydroxylation is 2. The van der Waals surface area contributed by atoms with Gasteiger partial charge in [0.2, 0.25) is 0 Å². The van der Waals surface area contributed by atoms with Gasteiger partial charge < -0.3 is 10.1 Å². The van der Waals surface area contributed by atoms with Gasteiger partial charge >= 0.3 is 0 Å². The smallest absolute Gasteiger partial charge is 0.123 e. The zero-order valence-corrected chi connectivity index (χ0v) is 14.9. The van der Waals surface area contributed by atoms with Crippen molar-refractivity contribution in [3.8, 4) is 5.75 Å². The van der Waals surface area contributed by atoms with Crippen LogP contribution in [0, 0.1) is 13.8 Å². The molecule has 1 atom stereocenters. The van der Waals surface area contributed by atoms with Crippen LogP contribution in [-0.4, -0.2) is 41.8 Å². The van der Waals surface area contributed by atoms with Crippen molar-refractivity contribution in [2.45, 2.75) is 39.3 Å². The summed E-state index contributed by atoms with van der Waals surface area (Å²) in [5.41, 5.74) is 4.77. The van der Waals surface area contributed by atoms with Crippen LogP contribution in [0.15, 0.2) is 24.3 Å². The van der Waals surface area contributed by atoms with Gasteiger partial charge in [0.05, 0.1) is 18.8 Å². The van der Waals surface area contributed by atoms with Gasteiger partial charge in [-0.15, -0.1) is 0 Å². The van der Waals surface area contributed by atoms with Gasteiger partial charge in [0.25, 0.3) is 0 Å². The average Bonchev–Trinajstić information content (AvgIpc) is 3.23. The van der Waals surface area contributed by atoms with E-state index in [0.29, 0.717) is 6.04 Å². The van der Waals surface area contributed by atoms with Gasteiger partial charge in [0.15, 0.2) is 0 Å². The van der Waals surface area contributed by atoms with Gasteiger partial charge in [-0.05, 0) is 45.8 Å². The molecule has 0 unspecified atom stereocenters. The second kappa shape index (κ2) is 7.81. The number of hydrogen-bond donors (Lipinski definition) is 2. The molecule has 5 heteroatoms. The van der Waals surface area contributed by atoms with E-state index in [1.165, 1.54) is 24.0 Å². The van der Waals surface area contributed by atoms with Crippen molar-refractivity contribution in [1.82, 2.24) is 20.4 Å². The van der Waals surface area contributed by atoms with E-state index in [2.05, 4.69) is 52.5 Å². The number of nitrogens with zero attached hydrogens (tertiary/aromatic N) is 2. The fourth-order valence-corrected chi connectivity index (χ4v) is 3.60. The molecule has 2 heterocycles. The molecular weight excluding hydrogens is 300 g/mol. The Balaban J connectivity index is 1.73. The molecule has 0 radical (unpaired) electrons. The van der Waals surface area contributed by atoms with Gasteiger partial charge in [0.1, 0.15) is 5.75 Å². The molecular formula is C19H28N4O. The lowest BCUT2D eigenvalue weighted by Gasteiger charge is -2.29. The molecule has 3 rings (SSSR count). The Morgan fingerprint density at radius 2 is 2.00 bits per heavy atom. The lowest BCUT2D eigenvalue weighted by Crippen LogP contribution is -2.34. The molecule has 1 saturated heterocycles. The maximum absolute atomic E-state index is 5.61. The fourth-order valence-electron chi connectivity index (χ4n) is 3.60. The number of aromatic nitrogens is 2. The molecule has 0 amide bonds. The zero-order chi connectivity index (χ0) is 16.9. The highest BCUT2D eigenvalue weighted by molar-refractivity contribution is 5.36. The fraction of sp³-hybridized carbons (Fsp3) is 0.526. The molecule has 1 aliphatic rings. The van der Waals surface area contributed by atoms with Crippen LogP contribution in [0.1, 0.15) is 41.4 Å². The van der Waals surface area contributed by atoms with Gasteiger partial charge in [-0.2, -0.15) is 5.10 Å². The number of methoxy groups -OCH3 is 1. The van der Waals surface area contributed by atoms with Crippen molar-refractivity contribution in [3.05, 3.63) is 46.8 Å². The van der Waals surface area contributed by atoms with Crippen LogP contribution >= 0.6 is 0 Å². The lowest BCUT2D eigenvalue weighted by molar-refractivity contribution is 0.232. The second-order valence-corrected chi connectivity index (χ2v) is 6.54. The predicted octanol–water partition coefficient (Wildman–Crippen LogP) is 2.96. The minimum atomic E-state index is 0.344. The van der Waals surface area contributed by atoms with Gasteiger partial charge in [0, 0.05) is 29.9 Å². The highest BCUT2D eigenvalue weighted by Gasteiger charge is 2.25. The van der Waals surface area contributed by atoms with Crippen molar-refractivity contribution < 1.29 is 4.74 Å². The Morgan fingerprint density at radius 1 is 1.25 bits per heavy atom. The minimum absolute atomic E-state index is 0.344. The summed E-state index contributed by atoms with van der Waals surface area (Å²) in [6.45, 7) is 8.20. The van der Waals surface area contributed by atoms with Crippen molar-refractivity contribution in [2.75, 3.05) is 26.7 Å². The lowest BCUT2D eigenvalue weighted by atomic mass is 10.0. The third-order valence-corrected chi connectivity index (χ3v) is 5.00. The van der Waals surface area contributed by atoms with Crippen molar-refractivity contribution in [3.63, 3.8) is 0 Å². The Kier molecular flexibility index (Phi) is 5.53. The molecule has 130 valence electrons. The number of likely N-dealkylation sites (tertiary alicyclic amines) is 1. The standard InChI is InChI=1S/C19H28N4O/c1-14-17(15(2)22-21-14)12-20-13-18(23-10-6-7-11-23)16-8-4-5-9-19(16)24-3/h4-5,8-9,18,20H,6-7,10-13H2,1-3H3,(H,21,22)/t18-/m1/s1. The molecule has 1 fully saturated rings. The largest absolute Gasteiger partial charge is 0.496 e. The Labute approximate surface area is 144 Å². The van der Waals surface area contributed by atoms with Crippen molar-refractivity contribution in [1.29, 1.82) is 0 Å². The summed E-state index contributed by atoms with van der Waals surface area (Å²) in [5.74, 6) is 0.979. The SMILES string of the molecule is COc1ccccc1[C@@H](CNCc1c(C)n[nH]c1C)N1CCCC1. The van der Waals surface area contributed by atoms with Crippen LogP contribution in [0.4, 0.5) is 0 Å². The molecule has 1 aliphatic heterocycles. The van der Waals surface area contributed by atoms with Gasteiger partial charge in [-0.1, -0.05) is 18.2 Å². The van der Waals surface area contributed by atoms with Crippen molar-refractivity contribution >= 4 is 0 Å². The van der Waals surface area contributed by atoms with E-state index in [4.69, 9.17) is 4.74 Å². The molecule has 0 aliphatic carbocycles. The Bertz CT molecular complexity index is 642. The second-order valence-electron chi connectivity index (χ2n) is 6.54. The summed E-state index contributed by atoms with van der Waals surface area (Å²) in [6.07, 6.45) is 2.57. The minimum Gasteiger partial charge on any atom is -0.496 e. The first-order chi connectivity index (χ1) is 11.7. The van der Waals surface area contributed by atoms with E-state index in [1.807, 2.05) is 6.07 Å². The summed E-state index contributed by atoms with van der Waals surface area (Å²) in [5, 5.41) is 11.0. The van der Waals surface area contributed by atoms with E-state index in [1.54, 1.807) is 7.11 Å². The topological polar surface area (TPSA) is 53.2 Å². The maximum Gasteiger partial charge on any atom is 0.123 e. The first kappa shape index (κ1) is 17.0. The summed E-state index contributed by atoms with van der Waals surface area (Å²) in [7, 11) is 1.76. The van der Waals surface area contributed by atoms with E-state index < -0.39 is 0 Å². The number of aromatic amines is 1. The average molecular weight is 328 g/mol. The third kappa shape index (κ3) is 3.62. The molecule has 0 spiro atoms. The number of para-hydroxylation sites is 1. The summed E-state index contributed by atoms with van der Waals surface area (Å²) in [4.78, 5) is 2.57. The number of H-pyrrole nitrogens is 1. The number of hydrogen-bond acceptors (Lipinski definition) is 4. The van der Waals surface area contributed by atoms with Crippen molar-refractivity contribution in [2.24, 2.45) is 0 Å². The quantitative estimate of drug-likeness (QED) is 0.820. The molecule has 0 bridgehead atoms. The van der Waals surface area contributed by atoms with E-state index in [0.717, 1.165) is 43.3 Å².